The van der Waals surface area contributed by atoms with Gasteiger partial charge in [0.2, 0.25) is 34.4 Å². The molecular formula is C38H42Cl4N14O10S4. The first-order chi connectivity index (χ1) is 33.4. The van der Waals surface area contributed by atoms with E-state index in [1.807, 2.05) is 0 Å². The number of benzene rings is 3. The van der Waals surface area contributed by atoms with E-state index in [4.69, 9.17) is 65.8 Å². The molecule has 2 aromatic carbocycles. The number of anilines is 7. The van der Waals surface area contributed by atoms with Gasteiger partial charge in [0.1, 0.15) is 26.9 Å². The molecular weight excluding hydrogens is 1080 g/mol. The topological polar surface area (TPSA) is 329 Å². The van der Waals surface area contributed by atoms with E-state index in [9.17, 15) is 25.9 Å². The summed E-state index contributed by atoms with van der Waals surface area (Å²) in [4.78, 5) is 36.3. The zero-order valence-electron chi connectivity index (χ0n) is 36.7. The molecule has 0 radical (unpaired) electrons. The summed E-state index contributed by atoms with van der Waals surface area (Å²) in [7, 11) is -6.47. The molecule has 0 saturated carbocycles. The lowest BCUT2D eigenvalue weighted by atomic mass is 10.1. The van der Waals surface area contributed by atoms with Gasteiger partial charge in [-0.1, -0.05) is 23.2 Å². The summed E-state index contributed by atoms with van der Waals surface area (Å²) in [5.41, 5.74) is -0.512. The van der Waals surface area contributed by atoms with E-state index in [2.05, 4.69) is 61.1 Å². The van der Waals surface area contributed by atoms with E-state index in [1.165, 1.54) is 24.3 Å². The molecule has 2 aliphatic heterocycles. The summed E-state index contributed by atoms with van der Waals surface area (Å²) in [5.74, 6) is 2.55. The molecule has 3 aliphatic rings. The monoisotopic (exact) mass is 1120 g/mol. The molecule has 8 N–H and O–H groups in total. The van der Waals surface area contributed by atoms with Gasteiger partial charge in [0.05, 0.1) is 36.5 Å². The van der Waals surface area contributed by atoms with E-state index >= 15 is 0 Å². The van der Waals surface area contributed by atoms with Gasteiger partial charge in [-0.2, -0.15) is 70.3 Å². The van der Waals surface area contributed by atoms with Crippen molar-refractivity contribution in [3.05, 3.63) is 50.2 Å². The van der Waals surface area contributed by atoms with E-state index in [1.54, 1.807) is 47.4 Å². The van der Waals surface area contributed by atoms with E-state index in [0.717, 1.165) is 0 Å². The average molecular weight is 1120 g/mol. The fourth-order valence-electron chi connectivity index (χ4n) is 6.58. The fraction of sp³-hybridized carbons (Fsp3) is 0.368. The maximum Gasteiger partial charge on any atom is 0.300 e. The Hall–Kier alpha value is -4.72. The van der Waals surface area contributed by atoms with Crippen LogP contribution in [0.25, 0.3) is 22.6 Å². The molecule has 0 bridgehead atoms. The summed E-state index contributed by atoms with van der Waals surface area (Å²) in [5, 5.41) is 29.2. The summed E-state index contributed by atoms with van der Waals surface area (Å²) < 4.78 is 85.0. The fourth-order valence-corrected chi connectivity index (χ4v) is 10.5. The summed E-state index contributed by atoms with van der Waals surface area (Å²) in [6.45, 7) is 1.55. The van der Waals surface area contributed by atoms with Gasteiger partial charge in [-0.05, 0) is 47.5 Å². The molecule has 0 spiro atoms. The molecule has 2 aromatic heterocycles. The highest BCUT2D eigenvalue weighted by molar-refractivity contribution is 7.99. The van der Waals surface area contributed by atoms with Crippen molar-refractivity contribution in [2.75, 3.05) is 121 Å². The second kappa shape index (κ2) is 23.2. The van der Waals surface area contributed by atoms with Crippen LogP contribution in [0.2, 0.25) is 20.6 Å². The predicted molar refractivity (Wildman–Crippen MR) is 271 cm³/mol. The molecule has 376 valence electrons. The molecule has 7 rings (SSSR count). The number of fused-ring (bicyclic) bond motifs is 4. The molecule has 70 heavy (non-hydrogen) atoms. The minimum atomic E-state index is -5.04. The third-order valence-electron chi connectivity index (χ3n) is 9.76. The smallest absolute Gasteiger partial charge is 0.300 e. The largest absolute Gasteiger partial charge is 0.450 e. The Bertz CT molecular complexity index is 3170. The number of nitrogens with zero attached hydrogens (tertiary/aromatic N) is 10. The number of thioether (sulfide) groups is 2. The number of rotatable bonds is 23. The highest BCUT2D eigenvalue weighted by atomic mass is 35.5. The van der Waals surface area contributed by atoms with Crippen molar-refractivity contribution in [2.45, 2.75) is 9.79 Å². The first-order valence-corrected chi connectivity index (χ1v) is 27.3. The Morgan fingerprint density at radius 1 is 0.700 bits per heavy atom. The molecule has 0 fully saturated rings. The lowest BCUT2D eigenvalue weighted by Gasteiger charge is -2.27. The van der Waals surface area contributed by atoms with Crippen molar-refractivity contribution in [3.63, 3.8) is 0 Å². The van der Waals surface area contributed by atoms with Gasteiger partial charge in [-0.3, -0.25) is 14.1 Å². The number of hydrogen-bond acceptors (Lipinski definition) is 24. The molecule has 4 heterocycles. The van der Waals surface area contributed by atoms with E-state index < -0.39 is 35.8 Å². The Labute approximate surface area is 428 Å². The third kappa shape index (κ3) is 12.7. The molecule has 0 atom stereocenters. The summed E-state index contributed by atoms with van der Waals surface area (Å²) >= 11 is 29.2. The van der Waals surface area contributed by atoms with Gasteiger partial charge in [-0.25, -0.2) is 4.98 Å². The molecule has 32 heteroatoms. The van der Waals surface area contributed by atoms with Crippen LogP contribution < -0.4 is 41.2 Å². The molecule has 1 aliphatic carbocycles. The highest BCUT2D eigenvalue weighted by Crippen LogP contribution is 2.55. The van der Waals surface area contributed by atoms with Crippen LogP contribution in [0.15, 0.2) is 43.5 Å². The van der Waals surface area contributed by atoms with Crippen LogP contribution >= 0.6 is 69.9 Å². The van der Waals surface area contributed by atoms with Crippen LogP contribution in [0, 0.1) is 0 Å². The van der Waals surface area contributed by atoms with Crippen LogP contribution in [0.1, 0.15) is 0 Å². The van der Waals surface area contributed by atoms with Gasteiger partial charge >= 0.3 is 10.1 Å². The number of aromatic nitrogens is 7. The SMILES string of the molecule is CN(CCSCCO)c1nc(Cl)nc(NCCN=c2ccc3nc4c(Cl)c5c(c(Cl)c4oc-3c2S(=O)(=O)O)Nc2ccc(NCCNc3nc(Cl)nc(N(C)CCSCCO)n3)c(S(=O)(=O)O)c2O5)n1. The Morgan fingerprint density at radius 3 is 1.87 bits per heavy atom. The Morgan fingerprint density at radius 2 is 1.29 bits per heavy atom. The minimum absolute atomic E-state index is 0.0265. The third-order valence-corrected chi connectivity index (χ3v) is 14.5. The number of hydrogen-bond donors (Lipinski definition) is 8. The molecule has 24 nitrogen and oxygen atoms in total. The standard InChI is InChI=1S/C38H42Cl4N14O10S4/c1-55(11-15-67-17-13-57)37-51-33(41)49-35(53-37)45-9-7-43-21-5-3-19-27(31(21)69(59,60)61)65-29-23(39)26-30(24(40)25(29)47-19)66-28-20(48-26)4-6-22(32(28)70(62,63)64)44-8-10-46-36-50-34(42)52-38(54-36)56(2)12-16-68-18-14-58/h3-6,43,47,57-58H,7-18H2,1-2H3,(H,59,60,61)(H,62,63,64)(H,45,49,51,53)(H,46,50,52,54). The van der Waals surface area contributed by atoms with Gasteiger partial charge in [0.15, 0.2) is 32.6 Å². The van der Waals surface area contributed by atoms with E-state index in [0.29, 0.717) is 48.0 Å². The van der Waals surface area contributed by atoms with Crippen LogP contribution in [-0.2, 0) is 20.2 Å². The van der Waals surface area contributed by atoms with Gasteiger partial charge in [0.25, 0.3) is 10.1 Å². The van der Waals surface area contributed by atoms with Crippen molar-refractivity contribution in [2.24, 2.45) is 4.99 Å². The zero-order valence-corrected chi connectivity index (χ0v) is 42.9. The van der Waals surface area contributed by atoms with Gasteiger partial charge in [0, 0.05) is 69.8 Å². The predicted octanol–water partition coefficient (Wildman–Crippen LogP) is 5.12. The van der Waals surface area contributed by atoms with E-state index in [-0.39, 0.29) is 123 Å². The van der Waals surface area contributed by atoms with Crippen LogP contribution in [0.5, 0.6) is 11.5 Å². The quantitative estimate of drug-likeness (QED) is 0.0234. The lowest BCUT2D eigenvalue weighted by Crippen LogP contribution is -2.24. The first-order valence-electron chi connectivity index (χ1n) is 20.6. The second-order valence-corrected chi connectivity index (χ2v) is 21.2. The van der Waals surface area contributed by atoms with Gasteiger partial charge in [-0.15, -0.1) is 0 Å². The maximum atomic E-state index is 13.0. The van der Waals surface area contributed by atoms with Crippen molar-refractivity contribution < 1.29 is 45.3 Å². The molecule has 0 amide bonds. The number of aliphatic hydroxyl groups excluding tert-OH is 2. The number of halogens is 4. The van der Waals surface area contributed by atoms with Crippen molar-refractivity contribution >= 4 is 142 Å². The molecule has 0 saturated heterocycles. The average Bonchev–Trinajstić information content (AvgIpc) is 3.31. The van der Waals surface area contributed by atoms with Gasteiger partial charge < -0.3 is 50.4 Å². The number of nitrogens with one attached hydrogen (secondary N) is 4. The number of aliphatic hydroxyl groups is 2. The molecule has 4 aromatic rings. The second-order valence-electron chi connectivity index (χ2n) is 14.6. The normalized spacial score (nSPS) is 12.6. The maximum absolute atomic E-state index is 13.0. The van der Waals surface area contributed by atoms with Crippen LogP contribution in [0.4, 0.5) is 40.9 Å². The van der Waals surface area contributed by atoms with Crippen molar-refractivity contribution in [3.8, 4) is 23.0 Å². The summed E-state index contributed by atoms with van der Waals surface area (Å²) in [6, 6.07) is 5.50. The Kier molecular flexibility index (Phi) is 17.6. The van der Waals surface area contributed by atoms with Crippen molar-refractivity contribution in [1.82, 2.24) is 34.9 Å². The zero-order chi connectivity index (χ0) is 50.3. The lowest BCUT2D eigenvalue weighted by molar-refractivity contribution is 0.322. The summed E-state index contributed by atoms with van der Waals surface area (Å²) in [6.07, 6.45) is 0. The van der Waals surface area contributed by atoms with Crippen LogP contribution in [-0.4, -0.2) is 161 Å². The first kappa shape index (κ1) is 53.1. The van der Waals surface area contributed by atoms with Crippen molar-refractivity contribution in [1.29, 1.82) is 0 Å². The Balaban J connectivity index is 1.11. The highest BCUT2D eigenvalue weighted by Gasteiger charge is 2.35. The number of ether oxygens (including phenoxy) is 1. The molecule has 0 unspecified atom stereocenters. The minimum Gasteiger partial charge on any atom is -0.450 e. The van der Waals surface area contributed by atoms with Crippen LogP contribution in [0.3, 0.4) is 0 Å².